The summed E-state index contributed by atoms with van der Waals surface area (Å²) in [6.45, 7) is 0. The smallest absolute Gasteiger partial charge is 0.0888 e. The van der Waals surface area contributed by atoms with Crippen molar-refractivity contribution in [2.45, 2.75) is 6.04 Å². The van der Waals surface area contributed by atoms with Crippen LogP contribution in [0.1, 0.15) is 16.5 Å². The average Bonchev–Trinajstić information content (AvgIpc) is 2.65. The van der Waals surface area contributed by atoms with Crippen molar-refractivity contribution < 1.29 is 0 Å². The first-order chi connectivity index (χ1) is 8.52. The highest BCUT2D eigenvalue weighted by Crippen LogP contribution is 2.38. The molecule has 1 aromatic carbocycles. The summed E-state index contributed by atoms with van der Waals surface area (Å²) in [6.07, 6.45) is 0. The number of halogens is 4. The average molecular weight is 521 g/mol. The highest BCUT2D eigenvalue weighted by molar-refractivity contribution is 14.1. The maximum absolute atomic E-state index is 6.11. The van der Waals surface area contributed by atoms with Crippen LogP contribution in [0.5, 0.6) is 0 Å². The summed E-state index contributed by atoms with van der Waals surface area (Å²) in [5.74, 6) is 0. The van der Waals surface area contributed by atoms with Crippen molar-refractivity contribution in [3.8, 4) is 0 Å². The van der Waals surface area contributed by atoms with Crippen LogP contribution in [0.3, 0.4) is 0 Å². The Hall–Kier alpha value is 0.860. The van der Waals surface area contributed by atoms with E-state index in [4.69, 9.17) is 11.6 Å². The largest absolute Gasteiger partial charge is 0.309 e. The molecule has 0 radical (unpaired) electrons. The third kappa shape index (κ3) is 3.30. The van der Waals surface area contributed by atoms with E-state index in [0.717, 1.165) is 13.3 Å². The van der Waals surface area contributed by atoms with Crippen molar-refractivity contribution in [3.05, 3.63) is 51.6 Å². The summed E-state index contributed by atoms with van der Waals surface area (Å²) in [6, 6.07) is 8.46. The van der Waals surface area contributed by atoms with Gasteiger partial charge in [-0.15, -0.1) is 11.3 Å². The number of hydrogen-bond donors (Lipinski definition) is 1. The number of benzene rings is 1. The second-order valence-corrected chi connectivity index (χ2v) is 8.54. The molecule has 1 heterocycles. The van der Waals surface area contributed by atoms with Crippen molar-refractivity contribution in [1.82, 2.24) is 5.32 Å². The molecule has 0 fully saturated rings. The number of rotatable bonds is 3. The molecule has 0 saturated carbocycles. The molecule has 0 saturated heterocycles. The van der Waals surface area contributed by atoms with Crippen LogP contribution in [0.25, 0.3) is 0 Å². The molecule has 2 rings (SSSR count). The number of nitrogens with one attached hydrogen (secondary N) is 1. The van der Waals surface area contributed by atoms with Crippen LogP contribution >= 0.6 is 77.4 Å². The van der Waals surface area contributed by atoms with E-state index in [2.05, 4.69) is 78.0 Å². The molecule has 1 nitrogen and oxygen atoms in total. The Morgan fingerprint density at radius 1 is 1.33 bits per heavy atom. The minimum Gasteiger partial charge on any atom is -0.309 e. The fourth-order valence-corrected chi connectivity index (χ4v) is 4.59. The highest BCUT2D eigenvalue weighted by atomic mass is 127. The molecule has 0 aliphatic rings. The maximum Gasteiger partial charge on any atom is 0.0888 e. The van der Waals surface area contributed by atoms with Crippen LogP contribution in [0.4, 0.5) is 0 Å². The van der Waals surface area contributed by atoms with E-state index in [1.807, 2.05) is 13.1 Å². The summed E-state index contributed by atoms with van der Waals surface area (Å²) in [4.78, 5) is 1.20. The van der Waals surface area contributed by atoms with E-state index >= 15 is 0 Å². The Morgan fingerprint density at radius 2 is 2.06 bits per heavy atom. The normalized spacial score (nSPS) is 12.7. The summed E-state index contributed by atoms with van der Waals surface area (Å²) in [5, 5.41) is 4.11. The Labute approximate surface area is 146 Å². The standard InChI is InChI=1S/C12H9Br2ClINS/c1-17-11(10-5-8(15)12(14)18-10)7-4-6(13)2-3-9(7)16/h2-5,11,17H,1H3. The van der Waals surface area contributed by atoms with E-state index in [1.54, 1.807) is 11.3 Å². The minimum atomic E-state index is 0.156. The lowest BCUT2D eigenvalue weighted by atomic mass is 10.1. The van der Waals surface area contributed by atoms with E-state index in [-0.39, 0.29) is 6.04 Å². The second kappa shape index (κ2) is 6.54. The lowest BCUT2D eigenvalue weighted by Gasteiger charge is -2.17. The molecule has 2 aromatic rings. The van der Waals surface area contributed by atoms with Crippen molar-refractivity contribution in [3.63, 3.8) is 0 Å². The predicted molar refractivity (Wildman–Crippen MR) is 94.8 cm³/mol. The third-order valence-corrected chi connectivity index (χ3v) is 6.52. The SMILES string of the molecule is CNC(c1cc(Cl)c(Br)s1)c1cc(Br)ccc1I. The highest BCUT2D eigenvalue weighted by Gasteiger charge is 2.18. The molecule has 6 heteroatoms. The van der Waals surface area contributed by atoms with Gasteiger partial charge in [0.05, 0.1) is 14.9 Å². The van der Waals surface area contributed by atoms with Gasteiger partial charge in [-0.2, -0.15) is 0 Å². The molecule has 96 valence electrons. The van der Waals surface area contributed by atoms with Crippen LogP contribution < -0.4 is 5.32 Å². The van der Waals surface area contributed by atoms with Crippen LogP contribution in [0, 0.1) is 3.57 Å². The van der Waals surface area contributed by atoms with Crippen molar-refractivity contribution >= 4 is 77.4 Å². The van der Waals surface area contributed by atoms with Crippen molar-refractivity contribution in [2.24, 2.45) is 0 Å². The van der Waals surface area contributed by atoms with Gasteiger partial charge >= 0.3 is 0 Å². The Morgan fingerprint density at radius 3 is 2.61 bits per heavy atom. The van der Waals surface area contributed by atoms with Gasteiger partial charge in [0.2, 0.25) is 0 Å². The number of thiophene rings is 1. The molecule has 0 aliphatic heterocycles. The fraction of sp³-hybridized carbons (Fsp3) is 0.167. The third-order valence-electron chi connectivity index (χ3n) is 2.51. The lowest BCUT2D eigenvalue weighted by Crippen LogP contribution is -2.17. The first-order valence-electron chi connectivity index (χ1n) is 5.10. The summed E-state index contributed by atoms with van der Waals surface area (Å²) >= 11 is 17.1. The van der Waals surface area contributed by atoms with Gasteiger partial charge in [-0.25, -0.2) is 0 Å². The molecule has 18 heavy (non-hydrogen) atoms. The van der Waals surface area contributed by atoms with Crippen LogP contribution in [0.2, 0.25) is 5.02 Å². The molecule has 0 spiro atoms. The maximum atomic E-state index is 6.11. The predicted octanol–water partition coefficient (Wildman–Crippen LogP) is 5.84. The van der Waals surface area contributed by atoms with Crippen molar-refractivity contribution in [1.29, 1.82) is 0 Å². The van der Waals surface area contributed by atoms with Gasteiger partial charge in [0.25, 0.3) is 0 Å². The first kappa shape index (κ1) is 15.3. The quantitative estimate of drug-likeness (QED) is 0.501. The van der Waals surface area contributed by atoms with E-state index in [0.29, 0.717) is 0 Å². The van der Waals surface area contributed by atoms with Gasteiger partial charge in [0, 0.05) is 12.9 Å². The Bertz CT molecular complexity index is 554. The second-order valence-electron chi connectivity index (χ2n) is 3.66. The van der Waals surface area contributed by atoms with Gasteiger partial charge in [0.15, 0.2) is 0 Å². The Balaban J connectivity index is 2.48. The molecule has 1 unspecified atom stereocenters. The van der Waals surface area contributed by atoms with Gasteiger partial charge in [-0.05, 0) is 75.4 Å². The fourth-order valence-electron chi connectivity index (χ4n) is 1.69. The number of hydrogen-bond acceptors (Lipinski definition) is 2. The first-order valence-corrected chi connectivity index (χ1v) is 8.95. The molecule has 0 amide bonds. The molecular formula is C12H9Br2ClINS. The zero-order valence-corrected chi connectivity index (χ0v) is 16.2. The topological polar surface area (TPSA) is 12.0 Å². The Kier molecular flexibility index (Phi) is 5.54. The molecule has 0 aliphatic carbocycles. The van der Waals surface area contributed by atoms with Gasteiger partial charge < -0.3 is 5.32 Å². The summed E-state index contributed by atoms with van der Waals surface area (Å²) in [7, 11) is 1.96. The van der Waals surface area contributed by atoms with Crippen LogP contribution in [-0.2, 0) is 0 Å². The molecular weight excluding hydrogens is 512 g/mol. The molecule has 1 aromatic heterocycles. The lowest BCUT2D eigenvalue weighted by molar-refractivity contribution is 0.700. The van der Waals surface area contributed by atoms with Crippen LogP contribution in [-0.4, -0.2) is 7.05 Å². The van der Waals surface area contributed by atoms with Gasteiger partial charge in [-0.3, -0.25) is 0 Å². The molecule has 0 bridgehead atoms. The van der Waals surface area contributed by atoms with E-state index in [1.165, 1.54) is 14.0 Å². The summed E-state index contributed by atoms with van der Waals surface area (Å²) < 4.78 is 3.29. The van der Waals surface area contributed by atoms with E-state index < -0.39 is 0 Å². The van der Waals surface area contributed by atoms with Gasteiger partial charge in [-0.1, -0.05) is 27.5 Å². The monoisotopic (exact) mass is 519 g/mol. The van der Waals surface area contributed by atoms with Gasteiger partial charge in [0.1, 0.15) is 0 Å². The van der Waals surface area contributed by atoms with Crippen LogP contribution in [0.15, 0.2) is 32.5 Å². The van der Waals surface area contributed by atoms with Crippen molar-refractivity contribution in [2.75, 3.05) is 7.05 Å². The zero-order chi connectivity index (χ0) is 13.3. The zero-order valence-electron chi connectivity index (χ0n) is 9.31. The van der Waals surface area contributed by atoms with E-state index in [9.17, 15) is 0 Å². The molecule has 1 atom stereocenters. The molecule has 1 N–H and O–H groups in total. The minimum absolute atomic E-state index is 0.156. The summed E-state index contributed by atoms with van der Waals surface area (Å²) in [5.41, 5.74) is 1.25.